The number of hydrogen-bond donors (Lipinski definition) is 11. The lowest BCUT2D eigenvalue weighted by Gasteiger charge is -2.26. The number of amides is 4. The zero-order valence-corrected chi connectivity index (χ0v) is 25.4. The van der Waals surface area contributed by atoms with Crippen LogP contribution in [0.5, 0.6) is 0 Å². The van der Waals surface area contributed by atoms with E-state index in [0.717, 1.165) is 0 Å². The number of benzene rings is 1. The molecule has 252 valence electrons. The largest absolute Gasteiger partial charge is 0.480 e. The fraction of sp³-hybridized carbons (Fsp3) is 0.571. The van der Waals surface area contributed by atoms with E-state index < -0.39 is 72.5 Å². The SMILES string of the molecule is C[C@@H](O)[C@H](N)C(=O)N[C@@H](CO)C(=O)N[C@@H](CCCCN)C(=O)N[C@@H](Cc1ccccc1)C(=O)N[C@@H](CCCN=C(N)N)C(=O)O. The molecule has 45 heavy (non-hydrogen) atoms. The predicted octanol–water partition coefficient (Wildman–Crippen LogP) is -3.86. The van der Waals surface area contributed by atoms with Crippen molar-refractivity contribution in [3.63, 3.8) is 0 Å². The minimum absolute atomic E-state index is 0.00518. The summed E-state index contributed by atoms with van der Waals surface area (Å²) in [6.07, 6.45) is 0.0419. The maximum Gasteiger partial charge on any atom is 0.326 e. The van der Waals surface area contributed by atoms with Gasteiger partial charge in [-0.25, -0.2) is 4.79 Å². The van der Waals surface area contributed by atoms with Crippen LogP contribution in [0.15, 0.2) is 35.3 Å². The molecule has 0 bridgehead atoms. The molecule has 0 spiro atoms. The molecule has 0 aromatic heterocycles. The van der Waals surface area contributed by atoms with Crippen molar-refractivity contribution in [2.24, 2.45) is 27.9 Å². The van der Waals surface area contributed by atoms with E-state index >= 15 is 0 Å². The maximum absolute atomic E-state index is 13.5. The molecule has 15 N–H and O–H groups in total. The monoisotopic (exact) mass is 637 g/mol. The third kappa shape index (κ3) is 14.8. The summed E-state index contributed by atoms with van der Waals surface area (Å²) in [5.74, 6) is -4.79. The summed E-state index contributed by atoms with van der Waals surface area (Å²) in [5, 5.41) is 38.7. The molecule has 0 radical (unpaired) electrons. The molecule has 0 saturated carbocycles. The molecule has 1 aromatic carbocycles. The average Bonchev–Trinajstić information content (AvgIpc) is 2.99. The number of unbranched alkanes of at least 4 members (excludes halogenated alkanes) is 1. The Morgan fingerprint density at radius 1 is 0.800 bits per heavy atom. The molecule has 1 rings (SSSR count). The number of carboxylic acid groups (broad SMARTS) is 1. The zero-order valence-electron chi connectivity index (χ0n) is 25.4. The minimum Gasteiger partial charge on any atom is -0.480 e. The number of aliphatic carboxylic acids is 1. The highest BCUT2D eigenvalue weighted by molar-refractivity contribution is 5.95. The van der Waals surface area contributed by atoms with Crippen molar-refractivity contribution in [2.75, 3.05) is 19.7 Å². The Hall–Kier alpha value is -4.32. The summed E-state index contributed by atoms with van der Waals surface area (Å²) in [6.45, 7) is 0.910. The highest BCUT2D eigenvalue weighted by atomic mass is 16.4. The lowest BCUT2D eigenvalue weighted by Crippen LogP contribution is -2.60. The van der Waals surface area contributed by atoms with Gasteiger partial charge in [-0.05, 0) is 51.1 Å². The number of carbonyl (C=O) groups is 5. The number of guanidine groups is 1. The van der Waals surface area contributed by atoms with Gasteiger partial charge >= 0.3 is 5.97 Å². The van der Waals surface area contributed by atoms with Crippen molar-refractivity contribution in [3.8, 4) is 0 Å². The first-order chi connectivity index (χ1) is 21.3. The number of nitrogens with zero attached hydrogens (tertiary/aromatic N) is 1. The molecular formula is C28H47N9O8. The van der Waals surface area contributed by atoms with Gasteiger partial charge in [0.1, 0.15) is 30.2 Å². The van der Waals surface area contributed by atoms with Crippen molar-refractivity contribution in [3.05, 3.63) is 35.9 Å². The Balaban J connectivity index is 3.17. The predicted molar refractivity (Wildman–Crippen MR) is 165 cm³/mol. The number of nitrogens with one attached hydrogen (secondary N) is 4. The van der Waals surface area contributed by atoms with Gasteiger partial charge in [0.25, 0.3) is 0 Å². The lowest BCUT2D eigenvalue weighted by molar-refractivity contribution is -0.142. The summed E-state index contributed by atoms with van der Waals surface area (Å²) < 4.78 is 0. The van der Waals surface area contributed by atoms with Gasteiger partial charge in [0.05, 0.1) is 12.7 Å². The van der Waals surface area contributed by atoms with Crippen LogP contribution in [0, 0.1) is 0 Å². The highest BCUT2D eigenvalue weighted by Gasteiger charge is 2.32. The Kier molecular flexibility index (Phi) is 17.7. The number of carbonyl (C=O) groups excluding carboxylic acids is 4. The van der Waals surface area contributed by atoms with Gasteiger partial charge in [0, 0.05) is 13.0 Å². The smallest absolute Gasteiger partial charge is 0.326 e. The molecule has 4 amide bonds. The summed E-state index contributed by atoms with van der Waals surface area (Å²) in [6, 6.07) is 2.06. The first kappa shape index (κ1) is 38.7. The first-order valence-corrected chi connectivity index (χ1v) is 14.6. The minimum atomic E-state index is -1.49. The molecule has 0 aliphatic rings. The molecule has 1 aromatic rings. The Morgan fingerprint density at radius 2 is 1.33 bits per heavy atom. The maximum atomic E-state index is 13.5. The summed E-state index contributed by atoms with van der Waals surface area (Å²) >= 11 is 0. The number of rotatable bonds is 21. The lowest BCUT2D eigenvalue weighted by atomic mass is 10.0. The second-order valence-electron chi connectivity index (χ2n) is 10.5. The van der Waals surface area contributed by atoms with Crippen molar-refractivity contribution < 1.29 is 39.3 Å². The van der Waals surface area contributed by atoms with Crippen molar-refractivity contribution in [1.29, 1.82) is 0 Å². The van der Waals surface area contributed by atoms with Crippen molar-refractivity contribution >= 4 is 35.6 Å². The fourth-order valence-electron chi connectivity index (χ4n) is 4.08. The molecule has 0 aliphatic heterocycles. The zero-order chi connectivity index (χ0) is 33.9. The Morgan fingerprint density at radius 3 is 1.89 bits per heavy atom. The van der Waals surface area contributed by atoms with E-state index in [1.54, 1.807) is 30.3 Å². The topological polar surface area (TPSA) is 311 Å². The van der Waals surface area contributed by atoms with Crippen LogP contribution < -0.4 is 44.2 Å². The van der Waals surface area contributed by atoms with Crippen LogP contribution in [-0.2, 0) is 30.4 Å². The Labute approximate surface area is 261 Å². The molecule has 17 nitrogen and oxygen atoms in total. The van der Waals surface area contributed by atoms with E-state index in [1.807, 2.05) is 0 Å². The second-order valence-corrected chi connectivity index (χ2v) is 10.5. The number of aliphatic hydroxyl groups is 2. The van der Waals surface area contributed by atoms with Crippen LogP contribution in [0.25, 0.3) is 0 Å². The average molecular weight is 638 g/mol. The second kappa shape index (κ2) is 20.6. The van der Waals surface area contributed by atoms with E-state index in [4.69, 9.17) is 22.9 Å². The number of carboxylic acids is 1. The van der Waals surface area contributed by atoms with Gasteiger partial charge in [-0.2, -0.15) is 0 Å². The van der Waals surface area contributed by atoms with E-state index in [0.29, 0.717) is 24.9 Å². The van der Waals surface area contributed by atoms with Gasteiger partial charge in [-0.15, -0.1) is 0 Å². The van der Waals surface area contributed by atoms with Gasteiger partial charge in [-0.1, -0.05) is 30.3 Å². The third-order valence-corrected chi connectivity index (χ3v) is 6.69. The fourth-order valence-corrected chi connectivity index (χ4v) is 4.08. The van der Waals surface area contributed by atoms with Gasteiger partial charge in [0.15, 0.2) is 5.96 Å². The van der Waals surface area contributed by atoms with E-state index in [1.165, 1.54) is 6.92 Å². The van der Waals surface area contributed by atoms with Crippen LogP contribution in [-0.4, -0.2) is 107 Å². The molecule has 6 atom stereocenters. The highest BCUT2D eigenvalue weighted by Crippen LogP contribution is 2.08. The van der Waals surface area contributed by atoms with E-state index in [-0.39, 0.29) is 38.2 Å². The molecule has 0 unspecified atom stereocenters. The normalized spacial score (nSPS) is 14.9. The van der Waals surface area contributed by atoms with Crippen molar-refractivity contribution in [2.45, 2.75) is 81.8 Å². The van der Waals surface area contributed by atoms with Crippen LogP contribution >= 0.6 is 0 Å². The van der Waals surface area contributed by atoms with Gasteiger partial charge < -0.3 is 59.5 Å². The molecule has 0 heterocycles. The molecule has 0 fully saturated rings. The summed E-state index contributed by atoms with van der Waals surface area (Å²) in [7, 11) is 0. The molecule has 17 heteroatoms. The van der Waals surface area contributed by atoms with E-state index in [2.05, 4.69) is 26.3 Å². The van der Waals surface area contributed by atoms with Crippen molar-refractivity contribution in [1.82, 2.24) is 21.3 Å². The first-order valence-electron chi connectivity index (χ1n) is 14.6. The number of hydrogen-bond acceptors (Lipinski definition) is 10. The number of aliphatic imine (C=N–C) groups is 1. The number of nitrogens with two attached hydrogens (primary N) is 4. The number of aliphatic hydroxyl groups excluding tert-OH is 2. The van der Waals surface area contributed by atoms with Crippen LogP contribution in [0.4, 0.5) is 0 Å². The quantitative estimate of drug-likeness (QED) is 0.0350. The molecule has 0 saturated heterocycles. The van der Waals surface area contributed by atoms with E-state index in [9.17, 15) is 39.3 Å². The molecule has 0 aliphatic carbocycles. The standard InChI is InChI=1S/C28H47N9O8/c1-16(39)22(30)26(43)37-21(15-38)25(42)34-18(10-5-6-12-29)23(40)36-20(14-17-8-3-2-4-9-17)24(41)35-19(27(44)45)11-7-13-33-28(31)32/h2-4,8-9,16,18-22,38-39H,5-7,10-15,29-30H2,1H3,(H,34,42)(H,35,41)(H,36,40)(H,37,43)(H,44,45)(H4,31,32,33)/t16-,18+,19+,20+,21+,22+/m1/s1. The molecular weight excluding hydrogens is 590 g/mol. The van der Waals surface area contributed by atoms with Crippen LogP contribution in [0.1, 0.15) is 44.6 Å². The van der Waals surface area contributed by atoms with Crippen LogP contribution in [0.3, 0.4) is 0 Å². The van der Waals surface area contributed by atoms with Crippen LogP contribution in [0.2, 0.25) is 0 Å². The van der Waals surface area contributed by atoms with Gasteiger partial charge in [-0.3, -0.25) is 24.2 Å². The Bertz CT molecular complexity index is 1130. The summed E-state index contributed by atoms with van der Waals surface area (Å²) in [5.41, 5.74) is 22.4. The third-order valence-electron chi connectivity index (χ3n) is 6.69. The van der Waals surface area contributed by atoms with Gasteiger partial charge in [0.2, 0.25) is 23.6 Å². The summed E-state index contributed by atoms with van der Waals surface area (Å²) in [4.78, 5) is 67.8.